The minimum atomic E-state index is -3.71. The van der Waals surface area contributed by atoms with Crippen LogP contribution in [0.4, 0.5) is 5.69 Å². The van der Waals surface area contributed by atoms with Crippen LogP contribution in [0.1, 0.15) is 13.8 Å². The standard InChI is InChI=1S/C11H12Cl3NO3S/c1-3-19(17,18)15(7(2)11(14)16)10-6-8(12)4-5-9(10)13/h4-7H,3H2,1-2H3. The molecule has 0 aliphatic rings. The van der Waals surface area contributed by atoms with Crippen LogP contribution >= 0.6 is 34.8 Å². The molecule has 1 aromatic carbocycles. The fraction of sp³-hybridized carbons (Fsp3) is 0.364. The lowest BCUT2D eigenvalue weighted by Crippen LogP contribution is -2.43. The highest BCUT2D eigenvalue weighted by molar-refractivity contribution is 7.92. The Morgan fingerprint density at radius 1 is 1.37 bits per heavy atom. The summed E-state index contributed by atoms with van der Waals surface area (Å²) in [6.07, 6.45) is 0. The van der Waals surface area contributed by atoms with Crippen molar-refractivity contribution in [1.82, 2.24) is 0 Å². The molecular weight excluding hydrogens is 333 g/mol. The van der Waals surface area contributed by atoms with E-state index in [0.29, 0.717) is 5.02 Å². The van der Waals surface area contributed by atoms with E-state index in [1.54, 1.807) is 0 Å². The van der Waals surface area contributed by atoms with E-state index in [2.05, 4.69) is 0 Å². The van der Waals surface area contributed by atoms with Gasteiger partial charge in [-0.25, -0.2) is 8.42 Å². The number of halogens is 3. The van der Waals surface area contributed by atoms with Crippen molar-refractivity contribution >= 4 is 55.8 Å². The molecule has 0 heterocycles. The summed E-state index contributed by atoms with van der Waals surface area (Å²) in [5.41, 5.74) is 0.137. The molecule has 1 rings (SSSR count). The molecule has 0 saturated carbocycles. The van der Waals surface area contributed by atoms with E-state index in [0.717, 1.165) is 4.31 Å². The molecule has 0 spiro atoms. The Morgan fingerprint density at radius 3 is 2.42 bits per heavy atom. The summed E-state index contributed by atoms with van der Waals surface area (Å²) in [6, 6.07) is 3.30. The smallest absolute Gasteiger partial charge is 0.245 e. The molecule has 0 bridgehead atoms. The second-order valence-corrected chi connectivity index (χ2v) is 7.12. The Bertz CT molecular complexity index is 589. The maximum absolute atomic E-state index is 12.1. The molecule has 0 fully saturated rings. The third-order valence-electron chi connectivity index (χ3n) is 2.49. The predicted molar refractivity (Wildman–Crippen MR) is 78.7 cm³/mol. The lowest BCUT2D eigenvalue weighted by atomic mass is 10.3. The molecule has 1 unspecified atom stereocenters. The van der Waals surface area contributed by atoms with Crippen LogP contribution in [0.2, 0.25) is 10.0 Å². The van der Waals surface area contributed by atoms with Crippen LogP contribution in [0.3, 0.4) is 0 Å². The highest BCUT2D eigenvalue weighted by Gasteiger charge is 2.31. The maximum atomic E-state index is 12.1. The Labute approximate surface area is 127 Å². The molecule has 1 atom stereocenters. The Hall–Kier alpha value is -0.490. The van der Waals surface area contributed by atoms with Crippen molar-refractivity contribution in [1.29, 1.82) is 0 Å². The second kappa shape index (κ2) is 6.31. The van der Waals surface area contributed by atoms with Gasteiger partial charge in [-0.2, -0.15) is 0 Å². The van der Waals surface area contributed by atoms with Gasteiger partial charge in [0.1, 0.15) is 6.04 Å². The quantitative estimate of drug-likeness (QED) is 0.770. The SMILES string of the molecule is CCS(=O)(=O)N(c1cc(Cl)ccc1Cl)C(C)C(=O)Cl. The summed E-state index contributed by atoms with van der Waals surface area (Å²) in [5.74, 6) is -0.190. The number of carbonyl (C=O) groups is 1. The maximum Gasteiger partial charge on any atom is 0.245 e. The minimum absolute atomic E-state index is 0.137. The molecule has 0 aliphatic heterocycles. The molecule has 4 nitrogen and oxygen atoms in total. The van der Waals surface area contributed by atoms with Crippen molar-refractivity contribution in [3.63, 3.8) is 0 Å². The molecule has 0 saturated heterocycles. The van der Waals surface area contributed by atoms with E-state index >= 15 is 0 Å². The van der Waals surface area contributed by atoms with Gasteiger partial charge >= 0.3 is 0 Å². The van der Waals surface area contributed by atoms with E-state index < -0.39 is 21.3 Å². The number of rotatable bonds is 5. The van der Waals surface area contributed by atoms with Gasteiger partial charge in [0.25, 0.3) is 0 Å². The highest BCUT2D eigenvalue weighted by atomic mass is 35.5. The first-order chi connectivity index (χ1) is 8.70. The third kappa shape index (κ3) is 3.75. The molecule has 8 heteroatoms. The lowest BCUT2D eigenvalue weighted by molar-refractivity contribution is -0.112. The Balaban J connectivity index is 3.48. The van der Waals surface area contributed by atoms with Crippen LogP contribution in [0.15, 0.2) is 18.2 Å². The molecule has 0 N–H and O–H groups in total. The van der Waals surface area contributed by atoms with E-state index in [4.69, 9.17) is 34.8 Å². The molecule has 0 amide bonds. The van der Waals surface area contributed by atoms with E-state index in [9.17, 15) is 13.2 Å². The molecule has 1 aromatic rings. The number of benzene rings is 1. The average molecular weight is 345 g/mol. The minimum Gasteiger partial charge on any atom is -0.279 e. The van der Waals surface area contributed by atoms with Crippen molar-refractivity contribution in [2.45, 2.75) is 19.9 Å². The first kappa shape index (κ1) is 16.6. The van der Waals surface area contributed by atoms with Gasteiger partial charge in [-0.3, -0.25) is 9.10 Å². The average Bonchev–Trinajstić information content (AvgIpc) is 2.33. The molecule has 106 valence electrons. The van der Waals surface area contributed by atoms with Crippen molar-refractivity contribution < 1.29 is 13.2 Å². The zero-order valence-electron chi connectivity index (χ0n) is 10.2. The van der Waals surface area contributed by atoms with Crippen molar-refractivity contribution in [3.05, 3.63) is 28.2 Å². The van der Waals surface area contributed by atoms with Crippen LogP contribution in [0.25, 0.3) is 0 Å². The number of nitrogens with zero attached hydrogens (tertiary/aromatic N) is 1. The summed E-state index contributed by atoms with van der Waals surface area (Å²) in [7, 11) is -3.71. The molecule has 19 heavy (non-hydrogen) atoms. The van der Waals surface area contributed by atoms with E-state index in [1.807, 2.05) is 0 Å². The van der Waals surface area contributed by atoms with Gasteiger partial charge in [-0.15, -0.1) is 0 Å². The van der Waals surface area contributed by atoms with Gasteiger partial charge < -0.3 is 0 Å². The van der Waals surface area contributed by atoms with Gasteiger partial charge in [0.15, 0.2) is 0 Å². The molecular formula is C11H12Cl3NO3S. The van der Waals surface area contributed by atoms with Gasteiger partial charge in [0.05, 0.1) is 16.5 Å². The summed E-state index contributed by atoms with van der Waals surface area (Å²) in [4.78, 5) is 11.3. The fourth-order valence-corrected chi connectivity index (χ4v) is 3.37. The number of anilines is 1. The summed E-state index contributed by atoms with van der Waals surface area (Å²) >= 11 is 17.2. The van der Waals surface area contributed by atoms with Crippen LogP contribution in [0.5, 0.6) is 0 Å². The van der Waals surface area contributed by atoms with Crippen LogP contribution in [-0.2, 0) is 14.8 Å². The summed E-state index contributed by atoms with van der Waals surface area (Å²) in [6.45, 7) is 2.85. The van der Waals surface area contributed by atoms with Crippen LogP contribution in [-0.4, -0.2) is 25.5 Å². The summed E-state index contributed by atoms with van der Waals surface area (Å²) in [5, 5.41) is -0.316. The van der Waals surface area contributed by atoms with Crippen LogP contribution in [0, 0.1) is 0 Å². The molecule has 0 radical (unpaired) electrons. The fourth-order valence-electron chi connectivity index (χ4n) is 1.49. The largest absolute Gasteiger partial charge is 0.279 e. The Kier molecular flexibility index (Phi) is 5.50. The normalized spacial score (nSPS) is 13.1. The zero-order valence-corrected chi connectivity index (χ0v) is 13.3. The van der Waals surface area contributed by atoms with E-state index in [1.165, 1.54) is 32.0 Å². The van der Waals surface area contributed by atoms with Crippen molar-refractivity contribution in [2.24, 2.45) is 0 Å². The summed E-state index contributed by atoms with van der Waals surface area (Å²) < 4.78 is 25.1. The van der Waals surface area contributed by atoms with Crippen molar-refractivity contribution in [2.75, 3.05) is 10.1 Å². The topological polar surface area (TPSA) is 54.5 Å². The molecule has 0 aromatic heterocycles. The van der Waals surface area contributed by atoms with E-state index in [-0.39, 0.29) is 16.5 Å². The second-order valence-electron chi connectivity index (χ2n) is 3.77. The monoisotopic (exact) mass is 343 g/mol. The third-order valence-corrected chi connectivity index (χ3v) is 5.20. The zero-order chi connectivity index (χ0) is 14.8. The van der Waals surface area contributed by atoms with Crippen molar-refractivity contribution in [3.8, 4) is 0 Å². The number of hydrogen-bond acceptors (Lipinski definition) is 3. The van der Waals surface area contributed by atoms with Gasteiger partial charge in [0, 0.05) is 5.02 Å². The van der Waals surface area contributed by atoms with Gasteiger partial charge in [0.2, 0.25) is 15.3 Å². The number of sulfonamides is 1. The first-order valence-corrected chi connectivity index (χ1v) is 8.11. The van der Waals surface area contributed by atoms with Gasteiger partial charge in [-0.1, -0.05) is 23.2 Å². The predicted octanol–water partition coefficient (Wildman–Crippen LogP) is 3.30. The number of carbonyl (C=O) groups excluding carboxylic acids is 1. The number of hydrogen-bond donors (Lipinski definition) is 0. The van der Waals surface area contributed by atoms with Gasteiger partial charge in [-0.05, 0) is 43.6 Å². The highest BCUT2D eigenvalue weighted by Crippen LogP contribution is 2.32. The first-order valence-electron chi connectivity index (χ1n) is 5.37. The molecule has 0 aliphatic carbocycles. The lowest BCUT2D eigenvalue weighted by Gasteiger charge is -2.28. The Morgan fingerprint density at radius 2 is 1.95 bits per heavy atom. The van der Waals surface area contributed by atoms with Crippen LogP contribution < -0.4 is 4.31 Å².